The second-order valence-electron chi connectivity index (χ2n) is 7.81. The van der Waals surface area contributed by atoms with Crippen LogP contribution in [0.1, 0.15) is 65.0 Å². The third-order valence-electron chi connectivity index (χ3n) is 4.60. The number of rotatable bonds is 5. The first-order chi connectivity index (χ1) is 11.3. The van der Waals surface area contributed by atoms with E-state index < -0.39 is 17.8 Å². The van der Waals surface area contributed by atoms with Gasteiger partial charge in [-0.25, -0.2) is 0 Å². The Morgan fingerprint density at radius 1 is 1.00 bits per heavy atom. The maximum absolute atomic E-state index is 6.76. The minimum absolute atomic E-state index is 0. The summed E-state index contributed by atoms with van der Waals surface area (Å²) in [4.78, 5) is 0. The molecule has 4 heteroatoms. The van der Waals surface area contributed by atoms with Crippen LogP contribution in [0.3, 0.4) is 0 Å². The summed E-state index contributed by atoms with van der Waals surface area (Å²) < 4.78 is 10.0. The van der Waals surface area contributed by atoms with Crippen molar-refractivity contribution in [1.29, 1.82) is 0 Å². The van der Waals surface area contributed by atoms with E-state index in [-0.39, 0.29) is 30.2 Å². The summed E-state index contributed by atoms with van der Waals surface area (Å²) in [5.41, 5.74) is 4.28. The largest absolute Gasteiger partial charge is 0.147 e. The van der Waals surface area contributed by atoms with E-state index in [1.165, 1.54) is 16.7 Å². The minimum atomic E-state index is -1.93. The Labute approximate surface area is 178 Å². The molecule has 0 atom stereocenters. The Morgan fingerprint density at radius 3 is 2.00 bits per heavy atom. The Kier molecular flexibility index (Phi) is 10.7. The number of halogens is 2. The van der Waals surface area contributed by atoms with Crippen molar-refractivity contribution < 1.29 is 21.1 Å². The van der Waals surface area contributed by atoms with Crippen LogP contribution in [-0.2, 0) is 17.8 Å². The van der Waals surface area contributed by atoms with Gasteiger partial charge in [0.2, 0.25) is 0 Å². The zero-order valence-corrected chi connectivity index (χ0v) is 20.4. The molecular formula is C22H34Cl2OTi. The summed E-state index contributed by atoms with van der Waals surface area (Å²) in [6, 6.07) is 6.61. The van der Waals surface area contributed by atoms with E-state index in [0.29, 0.717) is 0 Å². The van der Waals surface area contributed by atoms with Crippen molar-refractivity contribution in [2.45, 2.75) is 67.7 Å². The molecule has 0 amide bonds. The van der Waals surface area contributed by atoms with Crippen molar-refractivity contribution >= 4 is 28.6 Å². The molecular weight excluding hydrogens is 399 g/mol. The van der Waals surface area contributed by atoms with Crippen LogP contribution in [-0.4, -0.2) is 3.81 Å². The van der Waals surface area contributed by atoms with Gasteiger partial charge in [-0.1, -0.05) is 0 Å². The second kappa shape index (κ2) is 10.9. The van der Waals surface area contributed by atoms with Gasteiger partial charge in [-0.3, -0.25) is 0 Å². The fourth-order valence-electron chi connectivity index (χ4n) is 3.45. The first kappa shape index (κ1) is 25.7. The van der Waals surface area contributed by atoms with E-state index in [9.17, 15) is 0 Å². The van der Waals surface area contributed by atoms with Gasteiger partial charge < -0.3 is 0 Å². The molecule has 1 aliphatic rings. The van der Waals surface area contributed by atoms with Crippen LogP contribution in [0.2, 0.25) is 0 Å². The molecule has 26 heavy (non-hydrogen) atoms. The van der Waals surface area contributed by atoms with Crippen molar-refractivity contribution in [3.63, 3.8) is 0 Å². The molecule has 1 nitrogen and oxygen atoms in total. The molecule has 1 aliphatic carbocycles. The van der Waals surface area contributed by atoms with Crippen molar-refractivity contribution in [2.24, 2.45) is 5.41 Å². The zero-order chi connectivity index (χ0) is 17.9. The van der Waals surface area contributed by atoms with Gasteiger partial charge in [0.1, 0.15) is 0 Å². The van der Waals surface area contributed by atoms with Gasteiger partial charge in [0, 0.05) is 0 Å². The zero-order valence-electron chi connectivity index (χ0n) is 17.2. The van der Waals surface area contributed by atoms with E-state index >= 15 is 0 Å². The van der Waals surface area contributed by atoms with E-state index in [4.69, 9.17) is 3.32 Å². The third-order valence-corrected chi connectivity index (χ3v) is 8.99. The topological polar surface area (TPSA) is 9.23 Å². The van der Waals surface area contributed by atoms with E-state index in [2.05, 4.69) is 78.8 Å². The Morgan fingerprint density at radius 2 is 1.54 bits per heavy atom. The van der Waals surface area contributed by atoms with Gasteiger partial charge in [-0.05, 0) is 0 Å². The molecule has 0 aliphatic heterocycles. The second-order valence-corrected chi connectivity index (χ2v) is 11.2. The Bertz CT molecular complexity index is 683. The molecule has 0 saturated heterocycles. The van der Waals surface area contributed by atoms with Crippen LogP contribution in [0.15, 0.2) is 39.8 Å². The van der Waals surface area contributed by atoms with Crippen LogP contribution in [0.5, 0.6) is 5.75 Å². The molecule has 0 radical (unpaired) electrons. The number of benzene rings is 1. The quantitative estimate of drug-likeness (QED) is 0.443. The summed E-state index contributed by atoms with van der Waals surface area (Å²) in [5.74, 6) is 1.06. The molecule has 146 valence electrons. The van der Waals surface area contributed by atoms with Crippen molar-refractivity contribution in [3.8, 4) is 5.75 Å². The van der Waals surface area contributed by atoms with Gasteiger partial charge in [-0.2, -0.15) is 0 Å². The fourth-order valence-corrected chi connectivity index (χ4v) is 7.66. The summed E-state index contributed by atoms with van der Waals surface area (Å²) in [5, 5.41) is 0. The molecule has 0 heterocycles. The smallest absolute Gasteiger partial charge is 0.147 e. The molecule has 2 rings (SSSR count). The maximum atomic E-state index is 6.76. The number of allylic oxidation sites excluding steroid dienone is 4. The molecule has 1 aromatic rings. The van der Waals surface area contributed by atoms with Crippen molar-refractivity contribution in [3.05, 3.63) is 50.9 Å². The molecule has 0 aromatic heterocycles. The standard InChI is InChI=1S/C9H13.C8H10O.C5H10.2ClH.Ti/c1-9(2,3)8-6-4-5-7-8;1-6-3-7(2)5-8(9)4-6;1-3-5-4-2;;;/h4,6H,5H2,1-3H3;3-5,9H,1-2H3;3-4H2,1-2H3;2*1H;/q;;;;;+1/p-1. The van der Waals surface area contributed by atoms with E-state index in [1.54, 1.807) is 7.69 Å². The normalized spacial score (nSPS) is 13.2. The SMILES string of the molecule is CC[C](CC)=[Ti]([O]c1cc(C)cc(C)c1)[C]1=C(C(C)(C)C)C=CC1.Cl.Cl. The average molecular weight is 433 g/mol. The number of hydrogen-bond acceptors (Lipinski definition) is 1. The van der Waals surface area contributed by atoms with Crippen LogP contribution < -0.4 is 3.32 Å². The number of hydrogen-bond donors (Lipinski definition) is 0. The van der Waals surface area contributed by atoms with Crippen LogP contribution in [0.25, 0.3) is 0 Å². The van der Waals surface area contributed by atoms with Crippen LogP contribution in [0, 0.1) is 19.3 Å². The predicted molar refractivity (Wildman–Crippen MR) is 117 cm³/mol. The van der Waals surface area contributed by atoms with Crippen LogP contribution in [0.4, 0.5) is 0 Å². The fraction of sp³-hybridized carbons (Fsp3) is 0.500. The third kappa shape index (κ3) is 6.38. The summed E-state index contributed by atoms with van der Waals surface area (Å²) in [6.45, 7) is 15.8. The van der Waals surface area contributed by atoms with E-state index in [0.717, 1.165) is 25.0 Å². The van der Waals surface area contributed by atoms with Crippen molar-refractivity contribution in [1.82, 2.24) is 0 Å². The van der Waals surface area contributed by atoms with Crippen molar-refractivity contribution in [2.75, 3.05) is 0 Å². The molecule has 0 fully saturated rings. The predicted octanol–water partition coefficient (Wildman–Crippen LogP) is 7.31. The summed E-state index contributed by atoms with van der Waals surface area (Å²) in [7, 11) is 0. The van der Waals surface area contributed by atoms with Gasteiger partial charge in [0.15, 0.2) is 0 Å². The first-order valence-electron chi connectivity index (χ1n) is 9.15. The minimum Gasteiger partial charge on any atom is -0.147 e. The van der Waals surface area contributed by atoms with Gasteiger partial charge in [0.25, 0.3) is 0 Å². The molecule has 1 aromatic carbocycles. The Balaban J connectivity index is 0.00000312. The van der Waals surface area contributed by atoms with Crippen LogP contribution >= 0.6 is 24.8 Å². The monoisotopic (exact) mass is 432 g/mol. The van der Waals surface area contributed by atoms with Gasteiger partial charge in [-0.15, -0.1) is 24.8 Å². The molecule has 0 spiro atoms. The number of aryl methyl sites for hydroxylation is 2. The Hall–Kier alpha value is -0.336. The molecule has 0 bridgehead atoms. The first-order valence-corrected chi connectivity index (χ1v) is 11.3. The molecule has 0 unspecified atom stereocenters. The average Bonchev–Trinajstić information content (AvgIpc) is 2.95. The summed E-state index contributed by atoms with van der Waals surface area (Å²) in [6.07, 6.45) is 8.03. The van der Waals surface area contributed by atoms with E-state index in [1.807, 2.05) is 0 Å². The maximum Gasteiger partial charge on any atom is -0.147 e. The molecule has 0 N–H and O–H groups in total. The van der Waals surface area contributed by atoms with Gasteiger partial charge in [0.05, 0.1) is 0 Å². The van der Waals surface area contributed by atoms with Gasteiger partial charge >= 0.3 is 155 Å². The molecule has 0 saturated carbocycles. The summed E-state index contributed by atoms with van der Waals surface area (Å²) >= 11 is -1.93.